The Morgan fingerprint density at radius 3 is 2.18 bits per heavy atom. The lowest BCUT2D eigenvalue weighted by Crippen LogP contribution is -2.37. The van der Waals surface area contributed by atoms with E-state index in [1.165, 1.54) is 38.4 Å². The number of rotatable bonds is 7. The topological polar surface area (TPSA) is 95.6 Å². The fourth-order valence-electron chi connectivity index (χ4n) is 1.58. The molecule has 22 heavy (non-hydrogen) atoms. The second kappa shape index (κ2) is 7.90. The molecule has 7 nitrogen and oxygen atoms in total. The van der Waals surface area contributed by atoms with E-state index in [0.29, 0.717) is 12.1 Å². The molecule has 2 N–H and O–H groups in total. The third kappa shape index (κ3) is 4.81. The Morgan fingerprint density at radius 2 is 1.68 bits per heavy atom. The third-order valence-electron chi connectivity index (χ3n) is 2.88. The highest BCUT2D eigenvalue weighted by molar-refractivity contribution is 7.89. The van der Waals surface area contributed by atoms with E-state index >= 15 is 0 Å². The maximum Gasteiger partial charge on any atom is 0.251 e. The molecule has 0 atom stereocenters. The smallest absolute Gasteiger partial charge is 0.251 e. The molecule has 0 aliphatic rings. The van der Waals surface area contributed by atoms with Gasteiger partial charge in [0.25, 0.3) is 5.91 Å². The maximum atomic E-state index is 11.9. The summed E-state index contributed by atoms with van der Waals surface area (Å²) in [6, 6.07) is 5.55. The zero-order valence-electron chi connectivity index (χ0n) is 12.9. The van der Waals surface area contributed by atoms with Gasteiger partial charge in [-0.15, -0.1) is 0 Å². The summed E-state index contributed by atoms with van der Waals surface area (Å²) in [6.45, 7) is 2.38. The summed E-state index contributed by atoms with van der Waals surface area (Å²) in [7, 11) is -0.647. The van der Waals surface area contributed by atoms with Gasteiger partial charge in [-0.05, 0) is 30.7 Å². The molecule has 8 heteroatoms. The SMILES string of the molecule is CCCNC(=O)CNC(=O)c1ccc(S(=O)(=O)N(C)C)cc1. The number of nitrogens with one attached hydrogen (secondary N) is 2. The lowest BCUT2D eigenvalue weighted by molar-refractivity contribution is -0.120. The molecule has 0 aromatic heterocycles. The van der Waals surface area contributed by atoms with Gasteiger partial charge in [-0.3, -0.25) is 9.59 Å². The average molecular weight is 327 g/mol. The Morgan fingerprint density at radius 1 is 1.09 bits per heavy atom. The van der Waals surface area contributed by atoms with E-state index in [0.717, 1.165) is 10.7 Å². The standard InChI is InChI=1S/C14H21N3O4S/c1-4-9-15-13(18)10-16-14(19)11-5-7-12(8-6-11)22(20,21)17(2)3/h5-8H,4,9-10H2,1-3H3,(H,15,18)(H,16,19). The van der Waals surface area contributed by atoms with Crippen LogP contribution < -0.4 is 10.6 Å². The van der Waals surface area contributed by atoms with Crippen LogP contribution in [0.15, 0.2) is 29.2 Å². The summed E-state index contributed by atoms with van der Waals surface area (Å²) >= 11 is 0. The summed E-state index contributed by atoms with van der Waals surface area (Å²) in [5.41, 5.74) is 0.293. The van der Waals surface area contributed by atoms with Gasteiger partial charge >= 0.3 is 0 Å². The monoisotopic (exact) mass is 327 g/mol. The van der Waals surface area contributed by atoms with Gasteiger partial charge in [-0.1, -0.05) is 6.92 Å². The highest BCUT2D eigenvalue weighted by Crippen LogP contribution is 2.13. The minimum absolute atomic E-state index is 0.106. The first kappa shape index (κ1) is 18.1. The van der Waals surface area contributed by atoms with Crippen LogP contribution >= 0.6 is 0 Å². The molecule has 2 amide bonds. The van der Waals surface area contributed by atoms with Crippen molar-refractivity contribution >= 4 is 21.8 Å². The summed E-state index contributed by atoms with van der Waals surface area (Å²) in [6.07, 6.45) is 0.821. The zero-order valence-corrected chi connectivity index (χ0v) is 13.7. The van der Waals surface area contributed by atoms with Gasteiger partial charge in [0.1, 0.15) is 0 Å². The van der Waals surface area contributed by atoms with Crippen LogP contribution in [0.5, 0.6) is 0 Å². The molecule has 0 bridgehead atoms. The van der Waals surface area contributed by atoms with Crippen molar-refractivity contribution in [1.82, 2.24) is 14.9 Å². The van der Waals surface area contributed by atoms with Gasteiger partial charge in [-0.25, -0.2) is 12.7 Å². The highest BCUT2D eigenvalue weighted by Gasteiger charge is 2.17. The number of carbonyl (C=O) groups is 2. The second-order valence-electron chi connectivity index (χ2n) is 4.84. The Hall–Kier alpha value is -1.93. The largest absolute Gasteiger partial charge is 0.355 e. The molecule has 0 unspecified atom stereocenters. The first-order valence-corrected chi connectivity index (χ1v) is 8.30. The van der Waals surface area contributed by atoms with E-state index in [9.17, 15) is 18.0 Å². The fraction of sp³-hybridized carbons (Fsp3) is 0.429. The van der Waals surface area contributed by atoms with Crippen LogP contribution in [-0.2, 0) is 14.8 Å². The van der Waals surface area contributed by atoms with Crippen LogP contribution in [0.25, 0.3) is 0 Å². The van der Waals surface area contributed by atoms with Gasteiger partial charge in [0, 0.05) is 26.2 Å². The maximum absolute atomic E-state index is 11.9. The van der Waals surface area contributed by atoms with Gasteiger partial charge in [0.15, 0.2) is 0 Å². The lowest BCUT2D eigenvalue weighted by Gasteiger charge is -2.11. The molecule has 0 heterocycles. The minimum Gasteiger partial charge on any atom is -0.355 e. The van der Waals surface area contributed by atoms with Crippen molar-refractivity contribution in [1.29, 1.82) is 0 Å². The molecule has 122 valence electrons. The van der Waals surface area contributed by atoms with Crippen molar-refractivity contribution < 1.29 is 18.0 Å². The van der Waals surface area contributed by atoms with E-state index < -0.39 is 15.9 Å². The number of hydrogen-bond donors (Lipinski definition) is 2. The van der Waals surface area contributed by atoms with Gasteiger partial charge in [-0.2, -0.15) is 0 Å². The van der Waals surface area contributed by atoms with Gasteiger partial charge < -0.3 is 10.6 Å². The molecule has 0 spiro atoms. The molecule has 0 aliphatic heterocycles. The fourth-order valence-corrected chi connectivity index (χ4v) is 2.48. The molecular weight excluding hydrogens is 306 g/mol. The number of amides is 2. The predicted molar refractivity (Wildman–Crippen MR) is 82.9 cm³/mol. The molecular formula is C14H21N3O4S. The predicted octanol–water partition coefficient (Wildman–Crippen LogP) is 0.193. The van der Waals surface area contributed by atoms with Crippen LogP contribution in [-0.4, -0.2) is 51.7 Å². The zero-order chi connectivity index (χ0) is 16.8. The lowest BCUT2D eigenvalue weighted by atomic mass is 10.2. The number of nitrogens with zero attached hydrogens (tertiary/aromatic N) is 1. The molecule has 0 saturated heterocycles. The van der Waals surface area contributed by atoms with E-state index in [-0.39, 0.29) is 17.3 Å². The molecule has 0 radical (unpaired) electrons. The normalized spacial score (nSPS) is 11.3. The molecule has 1 aromatic rings. The summed E-state index contributed by atoms with van der Waals surface area (Å²) in [5.74, 6) is -0.692. The molecule has 1 aromatic carbocycles. The Labute approximate surface area is 130 Å². The molecule has 0 saturated carbocycles. The third-order valence-corrected chi connectivity index (χ3v) is 4.71. The van der Waals surface area contributed by atoms with Crippen molar-refractivity contribution in [2.24, 2.45) is 0 Å². The van der Waals surface area contributed by atoms with E-state index in [2.05, 4.69) is 10.6 Å². The van der Waals surface area contributed by atoms with Crippen LogP contribution in [0, 0.1) is 0 Å². The Kier molecular flexibility index (Phi) is 6.51. The number of carbonyl (C=O) groups excluding carboxylic acids is 2. The number of benzene rings is 1. The van der Waals surface area contributed by atoms with Crippen molar-refractivity contribution in [2.45, 2.75) is 18.2 Å². The van der Waals surface area contributed by atoms with Gasteiger partial charge in [0.2, 0.25) is 15.9 Å². The van der Waals surface area contributed by atoms with Gasteiger partial charge in [0.05, 0.1) is 11.4 Å². The molecule has 0 aliphatic carbocycles. The number of sulfonamides is 1. The summed E-state index contributed by atoms with van der Waals surface area (Å²) in [5, 5.41) is 5.12. The molecule has 1 rings (SSSR count). The highest BCUT2D eigenvalue weighted by atomic mass is 32.2. The van der Waals surface area contributed by atoms with E-state index in [1.54, 1.807) is 0 Å². The van der Waals surface area contributed by atoms with E-state index in [1.807, 2.05) is 6.92 Å². The molecule has 0 fully saturated rings. The van der Waals surface area contributed by atoms with Crippen molar-refractivity contribution in [3.05, 3.63) is 29.8 Å². The van der Waals surface area contributed by atoms with Crippen LogP contribution in [0.2, 0.25) is 0 Å². The Bertz CT molecular complexity index is 624. The minimum atomic E-state index is -3.52. The van der Waals surface area contributed by atoms with Crippen LogP contribution in [0.1, 0.15) is 23.7 Å². The first-order valence-electron chi connectivity index (χ1n) is 6.86. The summed E-state index contributed by atoms with van der Waals surface area (Å²) in [4.78, 5) is 23.4. The Balaban J connectivity index is 2.67. The quantitative estimate of drug-likeness (QED) is 0.747. The van der Waals surface area contributed by atoms with Crippen LogP contribution in [0.3, 0.4) is 0 Å². The van der Waals surface area contributed by atoms with Crippen molar-refractivity contribution in [3.8, 4) is 0 Å². The van der Waals surface area contributed by atoms with Crippen molar-refractivity contribution in [3.63, 3.8) is 0 Å². The summed E-state index contributed by atoms with van der Waals surface area (Å²) < 4.78 is 24.9. The van der Waals surface area contributed by atoms with Crippen LogP contribution in [0.4, 0.5) is 0 Å². The second-order valence-corrected chi connectivity index (χ2v) is 7.00. The first-order chi connectivity index (χ1) is 10.3. The van der Waals surface area contributed by atoms with Crippen molar-refractivity contribution in [2.75, 3.05) is 27.2 Å². The number of hydrogen-bond acceptors (Lipinski definition) is 4. The van der Waals surface area contributed by atoms with E-state index in [4.69, 9.17) is 0 Å². The average Bonchev–Trinajstić information content (AvgIpc) is 2.50.